The van der Waals surface area contributed by atoms with E-state index in [2.05, 4.69) is 0 Å². The first-order chi connectivity index (χ1) is 12.3. The molecule has 0 saturated carbocycles. The highest BCUT2D eigenvalue weighted by atomic mass is 16.4. The molecule has 2 fully saturated rings. The Morgan fingerprint density at radius 2 is 1.81 bits per heavy atom. The van der Waals surface area contributed by atoms with Crippen LogP contribution in [0.1, 0.15) is 36.8 Å². The second-order valence-electron chi connectivity index (χ2n) is 7.52. The summed E-state index contributed by atoms with van der Waals surface area (Å²) in [5, 5.41) is 9.51. The predicted octanol–water partition coefficient (Wildman–Crippen LogP) is 1.85. The van der Waals surface area contributed by atoms with Crippen molar-refractivity contribution >= 4 is 17.8 Å². The SMILES string of the molecule is Cc1ccc(CCC(=O)N2CCC3(CC2)[C@H](C(=O)O)CC(=O)N3C)cc1. The molecule has 0 aliphatic carbocycles. The van der Waals surface area contributed by atoms with Crippen molar-refractivity contribution in [3.05, 3.63) is 35.4 Å². The monoisotopic (exact) mass is 358 g/mol. The number of carboxylic acid groups (broad SMARTS) is 1. The highest BCUT2D eigenvalue weighted by Crippen LogP contribution is 2.42. The summed E-state index contributed by atoms with van der Waals surface area (Å²) in [6.45, 7) is 3.05. The summed E-state index contributed by atoms with van der Waals surface area (Å²) in [6, 6.07) is 8.18. The fourth-order valence-electron chi connectivity index (χ4n) is 4.29. The molecule has 140 valence electrons. The van der Waals surface area contributed by atoms with Crippen LogP contribution in [0.2, 0.25) is 0 Å². The van der Waals surface area contributed by atoms with Crippen molar-refractivity contribution in [3.63, 3.8) is 0 Å². The molecule has 1 spiro atoms. The molecular weight excluding hydrogens is 332 g/mol. The van der Waals surface area contributed by atoms with E-state index in [-0.39, 0.29) is 18.2 Å². The third-order valence-electron chi connectivity index (χ3n) is 6.10. The number of aryl methyl sites for hydroxylation is 2. The Morgan fingerprint density at radius 1 is 1.19 bits per heavy atom. The van der Waals surface area contributed by atoms with Crippen LogP contribution in [0.3, 0.4) is 0 Å². The van der Waals surface area contributed by atoms with Crippen LogP contribution in [-0.2, 0) is 20.8 Å². The minimum Gasteiger partial charge on any atom is -0.481 e. The van der Waals surface area contributed by atoms with E-state index < -0.39 is 17.4 Å². The Labute approximate surface area is 153 Å². The summed E-state index contributed by atoms with van der Waals surface area (Å²) in [7, 11) is 1.69. The smallest absolute Gasteiger partial charge is 0.309 e. The summed E-state index contributed by atoms with van der Waals surface area (Å²) >= 11 is 0. The number of hydrogen-bond donors (Lipinski definition) is 1. The van der Waals surface area contributed by atoms with E-state index in [1.54, 1.807) is 11.9 Å². The molecule has 2 heterocycles. The van der Waals surface area contributed by atoms with E-state index in [0.717, 1.165) is 5.56 Å². The first-order valence-electron chi connectivity index (χ1n) is 9.16. The number of carbonyl (C=O) groups is 3. The number of carboxylic acids is 1. The molecule has 2 aliphatic rings. The van der Waals surface area contributed by atoms with E-state index in [9.17, 15) is 19.5 Å². The van der Waals surface area contributed by atoms with Crippen molar-refractivity contribution in [1.82, 2.24) is 9.80 Å². The molecule has 0 radical (unpaired) electrons. The average Bonchev–Trinajstić information content (AvgIpc) is 2.87. The van der Waals surface area contributed by atoms with Gasteiger partial charge in [0.1, 0.15) is 0 Å². The number of likely N-dealkylation sites (tertiary alicyclic amines) is 2. The number of aliphatic carboxylic acids is 1. The molecule has 6 nitrogen and oxygen atoms in total. The van der Waals surface area contributed by atoms with E-state index in [1.165, 1.54) is 5.56 Å². The van der Waals surface area contributed by atoms with Crippen LogP contribution in [-0.4, -0.2) is 58.4 Å². The number of piperidine rings is 1. The van der Waals surface area contributed by atoms with Gasteiger partial charge in [0.15, 0.2) is 0 Å². The lowest BCUT2D eigenvalue weighted by molar-refractivity contribution is -0.147. The fourth-order valence-corrected chi connectivity index (χ4v) is 4.29. The first kappa shape index (κ1) is 18.4. The topological polar surface area (TPSA) is 77.9 Å². The molecule has 0 bridgehead atoms. The van der Waals surface area contributed by atoms with Gasteiger partial charge < -0.3 is 14.9 Å². The van der Waals surface area contributed by atoms with Crippen LogP contribution in [0.4, 0.5) is 0 Å². The minimum atomic E-state index is -0.915. The van der Waals surface area contributed by atoms with Gasteiger partial charge in [-0.1, -0.05) is 29.8 Å². The number of hydrogen-bond acceptors (Lipinski definition) is 3. The molecule has 1 atom stereocenters. The van der Waals surface area contributed by atoms with Crippen molar-refractivity contribution in [1.29, 1.82) is 0 Å². The molecule has 1 aromatic carbocycles. The maximum atomic E-state index is 12.5. The zero-order valence-corrected chi connectivity index (χ0v) is 15.4. The Balaban J connectivity index is 1.59. The maximum Gasteiger partial charge on any atom is 0.309 e. The van der Waals surface area contributed by atoms with Gasteiger partial charge in [-0.05, 0) is 31.7 Å². The largest absolute Gasteiger partial charge is 0.481 e. The second kappa shape index (κ2) is 7.09. The molecule has 1 aromatic rings. The molecule has 1 N–H and O–H groups in total. The zero-order valence-electron chi connectivity index (χ0n) is 15.4. The number of rotatable bonds is 4. The van der Waals surface area contributed by atoms with Gasteiger partial charge in [-0.2, -0.15) is 0 Å². The molecule has 2 saturated heterocycles. The van der Waals surface area contributed by atoms with Crippen molar-refractivity contribution < 1.29 is 19.5 Å². The summed E-state index contributed by atoms with van der Waals surface area (Å²) in [6.07, 6.45) is 2.28. The average molecular weight is 358 g/mol. The summed E-state index contributed by atoms with van der Waals surface area (Å²) in [5.41, 5.74) is 1.70. The number of nitrogens with zero attached hydrogens (tertiary/aromatic N) is 2. The molecule has 3 rings (SSSR count). The van der Waals surface area contributed by atoms with Gasteiger partial charge in [-0.15, -0.1) is 0 Å². The van der Waals surface area contributed by atoms with Gasteiger partial charge in [0.25, 0.3) is 0 Å². The fraction of sp³-hybridized carbons (Fsp3) is 0.550. The van der Waals surface area contributed by atoms with Crippen LogP contribution in [0, 0.1) is 12.8 Å². The Morgan fingerprint density at radius 3 is 2.38 bits per heavy atom. The Kier molecular flexibility index (Phi) is 5.03. The summed E-state index contributed by atoms with van der Waals surface area (Å²) in [4.78, 5) is 39.6. The van der Waals surface area contributed by atoms with Crippen LogP contribution in [0.5, 0.6) is 0 Å². The second-order valence-corrected chi connectivity index (χ2v) is 7.52. The lowest BCUT2D eigenvalue weighted by atomic mass is 9.77. The van der Waals surface area contributed by atoms with Crippen molar-refractivity contribution in [2.24, 2.45) is 5.92 Å². The van der Waals surface area contributed by atoms with E-state index in [4.69, 9.17) is 0 Å². The molecule has 0 aromatic heterocycles. The molecule has 2 aliphatic heterocycles. The van der Waals surface area contributed by atoms with Gasteiger partial charge in [-0.25, -0.2) is 0 Å². The van der Waals surface area contributed by atoms with Crippen LogP contribution in [0.15, 0.2) is 24.3 Å². The molecule has 6 heteroatoms. The molecule has 26 heavy (non-hydrogen) atoms. The first-order valence-corrected chi connectivity index (χ1v) is 9.16. The van der Waals surface area contributed by atoms with Crippen molar-refractivity contribution in [2.45, 2.75) is 44.6 Å². The van der Waals surface area contributed by atoms with Gasteiger partial charge in [0.05, 0.1) is 11.5 Å². The van der Waals surface area contributed by atoms with Gasteiger partial charge in [-0.3, -0.25) is 14.4 Å². The Bertz CT molecular complexity index is 705. The third kappa shape index (κ3) is 3.32. The lowest BCUT2D eigenvalue weighted by Crippen LogP contribution is -2.57. The summed E-state index contributed by atoms with van der Waals surface area (Å²) < 4.78 is 0. The zero-order chi connectivity index (χ0) is 18.9. The van der Waals surface area contributed by atoms with Crippen LogP contribution in [0.25, 0.3) is 0 Å². The highest BCUT2D eigenvalue weighted by Gasteiger charge is 2.55. The number of benzene rings is 1. The van der Waals surface area contributed by atoms with Gasteiger partial charge in [0, 0.05) is 33.0 Å². The standard InChI is InChI=1S/C20H26N2O4/c1-14-3-5-15(6-4-14)7-8-17(23)22-11-9-20(10-12-22)16(19(25)26)13-18(24)21(20)2/h3-6,16H,7-13H2,1-2H3,(H,25,26)/t16-/m0/s1. The van der Waals surface area contributed by atoms with Crippen molar-refractivity contribution in [2.75, 3.05) is 20.1 Å². The van der Waals surface area contributed by atoms with E-state index >= 15 is 0 Å². The lowest BCUT2D eigenvalue weighted by Gasteiger charge is -2.45. The van der Waals surface area contributed by atoms with Gasteiger partial charge in [0.2, 0.25) is 11.8 Å². The molecule has 2 amide bonds. The van der Waals surface area contributed by atoms with Crippen molar-refractivity contribution in [3.8, 4) is 0 Å². The minimum absolute atomic E-state index is 0.0627. The maximum absolute atomic E-state index is 12.5. The predicted molar refractivity (Wildman–Crippen MR) is 96.6 cm³/mol. The molecule has 0 unspecified atom stereocenters. The summed E-state index contributed by atoms with van der Waals surface area (Å²) in [5.74, 6) is -1.61. The van der Waals surface area contributed by atoms with E-state index in [0.29, 0.717) is 38.8 Å². The van der Waals surface area contributed by atoms with Crippen LogP contribution < -0.4 is 0 Å². The van der Waals surface area contributed by atoms with Gasteiger partial charge >= 0.3 is 5.97 Å². The quantitative estimate of drug-likeness (QED) is 0.891. The normalized spacial score (nSPS) is 22.1. The Hall–Kier alpha value is -2.37. The molecular formula is C20H26N2O4. The highest BCUT2D eigenvalue weighted by molar-refractivity contribution is 5.88. The van der Waals surface area contributed by atoms with E-state index in [1.807, 2.05) is 36.1 Å². The number of amides is 2. The van der Waals surface area contributed by atoms with Crippen LogP contribution >= 0.6 is 0 Å². The third-order valence-corrected chi connectivity index (χ3v) is 6.10. The number of carbonyl (C=O) groups excluding carboxylic acids is 2.